The summed E-state index contributed by atoms with van der Waals surface area (Å²) in [5, 5.41) is 23.4. The van der Waals surface area contributed by atoms with E-state index < -0.39 is 46.4 Å². The Hall–Kier alpha value is -3.48. The Morgan fingerprint density at radius 1 is 1.13 bits per heavy atom. The smallest absolute Gasteiger partial charge is 0.249 e. The predicted octanol–water partition coefficient (Wildman–Crippen LogP) is 4.31. The third-order valence-electron chi connectivity index (χ3n) is 7.43. The SMILES string of the molecule is COc1ccc2ncc(F)c(C(O)CCC3(C(=O)NO)CCN(CCNc4c(F)cc(F)cc4F)CC3)c2c1. The van der Waals surface area contributed by atoms with Crippen LogP contribution < -0.4 is 15.5 Å². The van der Waals surface area contributed by atoms with Gasteiger partial charge >= 0.3 is 0 Å². The molecular weight excluding hydrogens is 520 g/mol. The molecule has 1 amide bonds. The number of halogens is 4. The van der Waals surface area contributed by atoms with Crippen molar-refractivity contribution in [1.82, 2.24) is 15.4 Å². The monoisotopic (exact) mass is 550 g/mol. The van der Waals surface area contributed by atoms with Crippen LogP contribution in [0.4, 0.5) is 23.2 Å². The molecule has 0 spiro atoms. The van der Waals surface area contributed by atoms with E-state index in [9.17, 15) is 32.7 Å². The fourth-order valence-corrected chi connectivity index (χ4v) is 5.15. The zero-order chi connectivity index (χ0) is 28.2. The summed E-state index contributed by atoms with van der Waals surface area (Å²) < 4.78 is 60.8. The average molecular weight is 551 g/mol. The fraction of sp³-hybridized carbons (Fsp3) is 0.407. The number of carbonyl (C=O) groups excluding carboxylic acids is 1. The number of carbonyl (C=O) groups is 1. The number of pyridine rings is 1. The fourth-order valence-electron chi connectivity index (χ4n) is 5.15. The second-order valence-corrected chi connectivity index (χ2v) is 9.69. The Morgan fingerprint density at radius 3 is 2.46 bits per heavy atom. The maximum Gasteiger partial charge on any atom is 0.249 e. The molecule has 1 saturated heterocycles. The Labute approximate surface area is 222 Å². The van der Waals surface area contributed by atoms with Gasteiger partial charge in [-0.1, -0.05) is 0 Å². The van der Waals surface area contributed by atoms with Gasteiger partial charge in [-0.15, -0.1) is 0 Å². The first-order chi connectivity index (χ1) is 18.7. The lowest BCUT2D eigenvalue weighted by molar-refractivity contribution is -0.143. The van der Waals surface area contributed by atoms with Crippen LogP contribution in [0.2, 0.25) is 0 Å². The number of anilines is 1. The first-order valence-corrected chi connectivity index (χ1v) is 12.5. The van der Waals surface area contributed by atoms with Gasteiger partial charge < -0.3 is 20.1 Å². The molecule has 2 aromatic carbocycles. The molecule has 0 saturated carbocycles. The van der Waals surface area contributed by atoms with E-state index >= 15 is 0 Å². The van der Waals surface area contributed by atoms with Gasteiger partial charge in [0.05, 0.1) is 30.3 Å². The number of rotatable bonds is 10. The third kappa shape index (κ3) is 6.23. The van der Waals surface area contributed by atoms with Gasteiger partial charge in [0.1, 0.15) is 23.1 Å². The summed E-state index contributed by atoms with van der Waals surface area (Å²) in [6.45, 7) is 1.44. The highest BCUT2D eigenvalue weighted by molar-refractivity contribution is 5.84. The van der Waals surface area contributed by atoms with Crippen LogP contribution in [0.5, 0.6) is 5.75 Å². The molecule has 1 fully saturated rings. The maximum absolute atomic E-state index is 14.8. The van der Waals surface area contributed by atoms with E-state index in [-0.39, 0.29) is 24.9 Å². The number of aliphatic hydroxyl groups excluding tert-OH is 1. The number of ether oxygens (including phenoxy) is 1. The van der Waals surface area contributed by atoms with Crippen LogP contribution >= 0.6 is 0 Å². The van der Waals surface area contributed by atoms with Crippen LogP contribution in [0.15, 0.2) is 36.5 Å². The normalized spacial score (nSPS) is 16.2. The lowest BCUT2D eigenvalue weighted by Crippen LogP contribution is -2.49. The second kappa shape index (κ2) is 12.1. The van der Waals surface area contributed by atoms with E-state index in [4.69, 9.17) is 4.74 Å². The lowest BCUT2D eigenvalue weighted by Gasteiger charge is -2.40. The number of nitrogens with one attached hydrogen (secondary N) is 2. The highest BCUT2D eigenvalue weighted by Crippen LogP contribution is 2.40. The zero-order valence-electron chi connectivity index (χ0n) is 21.3. The molecule has 0 aliphatic carbocycles. The van der Waals surface area contributed by atoms with Crippen molar-refractivity contribution in [2.75, 3.05) is 38.6 Å². The van der Waals surface area contributed by atoms with Crippen molar-refractivity contribution in [3.05, 3.63) is 65.4 Å². The quantitative estimate of drug-likeness (QED) is 0.169. The molecule has 3 aromatic rings. The maximum atomic E-state index is 14.8. The van der Waals surface area contributed by atoms with E-state index in [0.29, 0.717) is 61.3 Å². The van der Waals surface area contributed by atoms with Gasteiger partial charge in [-0.2, -0.15) is 0 Å². The molecule has 1 unspecified atom stereocenters. The lowest BCUT2D eigenvalue weighted by atomic mass is 9.73. The second-order valence-electron chi connectivity index (χ2n) is 9.69. The molecule has 1 aliphatic heterocycles. The summed E-state index contributed by atoms with van der Waals surface area (Å²) in [5.41, 5.74) is 0.846. The minimum Gasteiger partial charge on any atom is -0.497 e. The Bertz CT molecular complexity index is 1310. The molecule has 1 aromatic heterocycles. The zero-order valence-corrected chi connectivity index (χ0v) is 21.3. The molecule has 0 radical (unpaired) electrons. The van der Waals surface area contributed by atoms with Gasteiger partial charge in [0.15, 0.2) is 11.6 Å². The third-order valence-corrected chi connectivity index (χ3v) is 7.43. The van der Waals surface area contributed by atoms with Crippen LogP contribution in [0.1, 0.15) is 37.4 Å². The van der Waals surface area contributed by atoms with Crippen molar-refractivity contribution in [2.24, 2.45) is 5.41 Å². The first kappa shape index (κ1) is 28.5. The topological polar surface area (TPSA) is 107 Å². The van der Waals surface area contributed by atoms with Crippen LogP contribution in [0.3, 0.4) is 0 Å². The van der Waals surface area contributed by atoms with Crippen LogP contribution in [-0.4, -0.2) is 59.4 Å². The van der Waals surface area contributed by atoms with E-state index in [0.717, 1.165) is 6.20 Å². The largest absolute Gasteiger partial charge is 0.497 e. The molecule has 1 atom stereocenters. The number of amides is 1. The Balaban J connectivity index is 1.40. The standard InChI is InChI=1S/C27H30F4N4O4/c1-39-17-2-3-22-18(14-17)24(21(31)15-33-22)23(36)4-5-27(26(37)34-38)6-9-35(10-7-27)11-8-32-25-19(29)12-16(28)13-20(25)30/h2-3,12-15,23,32,36,38H,4-11H2,1H3,(H,34,37). The summed E-state index contributed by atoms with van der Waals surface area (Å²) in [6.07, 6.45) is 0.683. The number of likely N-dealkylation sites (tertiary alicyclic amines) is 1. The highest BCUT2D eigenvalue weighted by Gasteiger charge is 2.41. The molecule has 4 N–H and O–H groups in total. The summed E-state index contributed by atoms with van der Waals surface area (Å²) in [4.78, 5) is 18.8. The van der Waals surface area contributed by atoms with Gasteiger partial charge in [0, 0.05) is 36.2 Å². The van der Waals surface area contributed by atoms with Crippen molar-refractivity contribution in [3.8, 4) is 5.75 Å². The van der Waals surface area contributed by atoms with Crippen LogP contribution in [0, 0.1) is 28.7 Å². The predicted molar refractivity (Wildman–Crippen MR) is 135 cm³/mol. The first-order valence-electron chi connectivity index (χ1n) is 12.5. The van der Waals surface area contributed by atoms with Crippen molar-refractivity contribution < 1.29 is 37.4 Å². The summed E-state index contributed by atoms with van der Waals surface area (Å²) >= 11 is 0. The van der Waals surface area contributed by atoms with Gasteiger partial charge in [0.25, 0.3) is 0 Å². The van der Waals surface area contributed by atoms with E-state index in [2.05, 4.69) is 10.3 Å². The van der Waals surface area contributed by atoms with Gasteiger partial charge in [-0.25, -0.2) is 23.0 Å². The minimum atomic E-state index is -1.24. The molecule has 0 bridgehead atoms. The molecule has 2 heterocycles. The van der Waals surface area contributed by atoms with E-state index in [1.807, 2.05) is 4.90 Å². The van der Waals surface area contributed by atoms with Crippen molar-refractivity contribution in [1.29, 1.82) is 0 Å². The molecule has 4 rings (SSSR count). The summed E-state index contributed by atoms with van der Waals surface area (Å²) in [5.74, 6) is -3.86. The van der Waals surface area contributed by atoms with E-state index in [1.54, 1.807) is 23.7 Å². The molecule has 8 nitrogen and oxygen atoms in total. The van der Waals surface area contributed by atoms with Crippen molar-refractivity contribution >= 4 is 22.5 Å². The molecule has 210 valence electrons. The Morgan fingerprint density at radius 2 is 1.82 bits per heavy atom. The average Bonchev–Trinajstić information content (AvgIpc) is 2.93. The number of nitrogens with zero attached hydrogens (tertiary/aromatic N) is 2. The molecular formula is C27H30F4N4O4. The number of aliphatic hydroxyl groups is 1. The molecule has 39 heavy (non-hydrogen) atoms. The number of fused-ring (bicyclic) bond motifs is 1. The Kier molecular flexibility index (Phi) is 8.88. The number of benzene rings is 2. The van der Waals surface area contributed by atoms with Gasteiger partial charge in [-0.3, -0.25) is 15.0 Å². The number of hydrogen-bond donors (Lipinski definition) is 4. The molecule has 12 heteroatoms. The van der Waals surface area contributed by atoms with Crippen molar-refractivity contribution in [2.45, 2.75) is 31.8 Å². The number of hydroxylamine groups is 1. The van der Waals surface area contributed by atoms with Crippen LogP contribution in [-0.2, 0) is 4.79 Å². The number of aromatic nitrogens is 1. The van der Waals surface area contributed by atoms with E-state index in [1.165, 1.54) is 7.11 Å². The summed E-state index contributed by atoms with van der Waals surface area (Å²) in [6, 6.07) is 6.13. The van der Waals surface area contributed by atoms with Crippen LogP contribution in [0.25, 0.3) is 10.9 Å². The van der Waals surface area contributed by atoms with Crippen molar-refractivity contribution in [3.63, 3.8) is 0 Å². The summed E-state index contributed by atoms with van der Waals surface area (Å²) in [7, 11) is 1.48. The number of methoxy groups -OCH3 is 1. The van der Waals surface area contributed by atoms with Gasteiger partial charge in [0.2, 0.25) is 5.91 Å². The van der Waals surface area contributed by atoms with Gasteiger partial charge in [-0.05, 0) is 57.0 Å². The number of hydrogen-bond acceptors (Lipinski definition) is 7. The number of piperidine rings is 1. The highest BCUT2D eigenvalue weighted by atomic mass is 19.1. The minimum absolute atomic E-state index is 0.0470. The molecule has 1 aliphatic rings.